The van der Waals surface area contributed by atoms with Crippen LogP contribution in [-0.2, 0) is 0 Å². The molecule has 0 fully saturated rings. The maximum Gasteiger partial charge on any atom is 0.199 e. The van der Waals surface area contributed by atoms with Gasteiger partial charge in [0.25, 0.3) is 0 Å². The number of aromatic amines is 1. The number of aromatic hydroxyl groups is 1. The van der Waals surface area contributed by atoms with E-state index in [1.165, 1.54) is 0 Å². The van der Waals surface area contributed by atoms with E-state index < -0.39 is 0 Å². The number of hydrogen-bond acceptors (Lipinski definition) is 6. The van der Waals surface area contributed by atoms with Gasteiger partial charge in [-0.1, -0.05) is 18.2 Å². The van der Waals surface area contributed by atoms with Gasteiger partial charge in [-0.2, -0.15) is 5.26 Å². The lowest BCUT2D eigenvalue weighted by molar-refractivity contribution is 0.460. The molecule has 0 aliphatic carbocycles. The third-order valence-corrected chi connectivity index (χ3v) is 4.95. The van der Waals surface area contributed by atoms with Gasteiger partial charge in [0.1, 0.15) is 5.82 Å². The van der Waals surface area contributed by atoms with Crippen molar-refractivity contribution in [2.45, 2.75) is 0 Å². The Kier molecular flexibility index (Phi) is 3.97. The molecule has 0 atom stereocenters. The largest absolute Gasteiger partial charge is 0.494 e. The predicted molar refractivity (Wildman–Crippen MR) is 117 cm³/mol. The zero-order chi connectivity index (χ0) is 20.7. The molecule has 7 heteroatoms. The topological polar surface area (TPSA) is 124 Å². The third-order valence-electron chi connectivity index (χ3n) is 4.95. The summed E-state index contributed by atoms with van der Waals surface area (Å²) in [5.41, 5.74) is 10.4. The van der Waals surface area contributed by atoms with Crippen LogP contribution in [-0.4, -0.2) is 20.1 Å². The maximum absolute atomic E-state index is 10.6. The summed E-state index contributed by atoms with van der Waals surface area (Å²) in [6.45, 7) is 0. The minimum Gasteiger partial charge on any atom is -0.494 e. The van der Waals surface area contributed by atoms with Gasteiger partial charge in [0, 0.05) is 16.3 Å². The van der Waals surface area contributed by atoms with Crippen LogP contribution in [0.5, 0.6) is 5.88 Å². The Morgan fingerprint density at radius 2 is 1.90 bits per heavy atom. The van der Waals surface area contributed by atoms with Crippen molar-refractivity contribution in [3.63, 3.8) is 0 Å². The molecule has 2 aromatic carbocycles. The molecule has 0 spiro atoms. The van der Waals surface area contributed by atoms with Crippen molar-refractivity contribution in [3.05, 3.63) is 72.4 Å². The number of pyridine rings is 2. The lowest BCUT2D eigenvalue weighted by Crippen LogP contribution is -1.96. The number of hydrogen-bond donors (Lipinski definition) is 4. The molecule has 30 heavy (non-hydrogen) atoms. The smallest absolute Gasteiger partial charge is 0.199 e. The Labute approximate surface area is 171 Å². The summed E-state index contributed by atoms with van der Waals surface area (Å²) in [4.78, 5) is 11.9. The zero-order valence-electron chi connectivity index (χ0n) is 15.7. The molecule has 0 saturated carbocycles. The number of rotatable bonds is 3. The van der Waals surface area contributed by atoms with Gasteiger partial charge in [0.15, 0.2) is 5.88 Å². The van der Waals surface area contributed by atoms with Gasteiger partial charge in [-0.15, -0.1) is 0 Å². The van der Waals surface area contributed by atoms with Crippen LogP contribution in [0.15, 0.2) is 66.9 Å². The van der Waals surface area contributed by atoms with E-state index in [0.717, 1.165) is 33.2 Å². The molecule has 0 radical (unpaired) electrons. The summed E-state index contributed by atoms with van der Waals surface area (Å²) in [5.74, 6) is 0.445. The molecule has 3 aromatic heterocycles. The van der Waals surface area contributed by atoms with Gasteiger partial charge in [0.2, 0.25) is 0 Å². The molecule has 3 heterocycles. The molecule has 5 N–H and O–H groups in total. The molecule has 0 aliphatic rings. The van der Waals surface area contributed by atoms with E-state index in [-0.39, 0.29) is 5.88 Å². The predicted octanol–water partition coefficient (Wildman–Crippen LogP) is 4.68. The van der Waals surface area contributed by atoms with Crippen LogP contribution in [0.4, 0.5) is 17.2 Å². The van der Waals surface area contributed by atoms with Gasteiger partial charge in [0.05, 0.1) is 46.0 Å². The number of anilines is 3. The molecule has 5 rings (SSSR count). The Balaban J connectivity index is 1.73. The number of fused-ring (bicyclic) bond motifs is 2. The maximum atomic E-state index is 10.6. The van der Waals surface area contributed by atoms with E-state index in [1.807, 2.05) is 36.4 Å². The highest BCUT2D eigenvalue weighted by Gasteiger charge is 2.17. The number of H-pyrrole nitrogens is 1. The number of nitrogen functional groups attached to an aromatic ring is 1. The first-order valence-corrected chi connectivity index (χ1v) is 9.26. The molecule has 0 saturated heterocycles. The number of aromatic nitrogens is 3. The first kappa shape index (κ1) is 17.5. The van der Waals surface area contributed by atoms with Gasteiger partial charge in [-0.3, -0.25) is 0 Å². The summed E-state index contributed by atoms with van der Waals surface area (Å²) in [7, 11) is 0. The Morgan fingerprint density at radius 1 is 1.03 bits per heavy atom. The number of nitrogens with zero attached hydrogens (tertiary/aromatic N) is 3. The minimum atomic E-state index is 0.00275. The van der Waals surface area contributed by atoms with E-state index in [9.17, 15) is 10.4 Å². The van der Waals surface area contributed by atoms with Crippen molar-refractivity contribution in [2.75, 3.05) is 11.1 Å². The first-order chi connectivity index (χ1) is 14.6. The molecule has 144 valence electrons. The number of para-hydroxylation sites is 1. The van der Waals surface area contributed by atoms with E-state index in [2.05, 4.69) is 21.4 Å². The fourth-order valence-corrected chi connectivity index (χ4v) is 3.55. The Bertz CT molecular complexity index is 1450. The lowest BCUT2D eigenvalue weighted by atomic mass is 10.0. The molecule has 0 bridgehead atoms. The van der Waals surface area contributed by atoms with Crippen molar-refractivity contribution >= 4 is 39.0 Å². The second-order valence-corrected chi connectivity index (χ2v) is 6.89. The van der Waals surface area contributed by atoms with Crippen LogP contribution in [0, 0.1) is 11.3 Å². The fraction of sp³-hybridized carbons (Fsp3) is 0. The number of benzene rings is 2. The third kappa shape index (κ3) is 2.93. The van der Waals surface area contributed by atoms with E-state index in [4.69, 9.17) is 10.7 Å². The van der Waals surface area contributed by atoms with Crippen molar-refractivity contribution < 1.29 is 5.11 Å². The summed E-state index contributed by atoms with van der Waals surface area (Å²) in [5, 5.41) is 24.9. The van der Waals surface area contributed by atoms with Crippen molar-refractivity contribution in [3.8, 4) is 23.2 Å². The van der Waals surface area contributed by atoms with Crippen molar-refractivity contribution in [1.29, 1.82) is 5.26 Å². The quantitative estimate of drug-likeness (QED) is 0.353. The number of nitriles is 1. The summed E-state index contributed by atoms with van der Waals surface area (Å²) in [6, 6.07) is 20.6. The van der Waals surface area contributed by atoms with Crippen LogP contribution in [0.1, 0.15) is 5.56 Å². The summed E-state index contributed by atoms with van der Waals surface area (Å²) in [6.07, 6.45) is 1.66. The second-order valence-electron chi connectivity index (χ2n) is 6.89. The van der Waals surface area contributed by atoms with Crippen molar-refractivity contribution in [1.82, 2.24) is 15.0 Å². The average molecular weight is 392 g/mol. The second kappa shape index (κ2) is 6.79. The van der Waals surface area contributed by atoms with E-state index in [1.54, 1.807) is 30.5 Å². The van der Waals surface area contributed by atoms with Gasteiger partial charge in [-0.25, -0.2) is 9.97 Å². The van der Waals surface area contributed by atoms with Crippen LogP contribution < -0.4 is 11.1 Å². The molecule has 0 aliphatic heterocycles. The molecular weight excluding hydrogens is 376 g/mol. The Hall–Kier alpha value is -4.57. The van der Waals surface area contributed by atoms with E-state index in [0.29, 0.717) is 22.6 Å². The highest BCUT2D eigenvalue weighted by Crippen LogP contribution is 2.39. The van der Waals surface area contributed by atoms with Gasteiger partial charge in [-0.05, 0) is 42.5 Å². The standard InChI is InChI=1S/C23H16N6O/c24-11-13-5-7-18-16(9-13)22(23(30)29-18)20-10-19(15-3-1-2-4-17(15)28-20)27-14-6-8-21(25)26-12-14/h1-10,12,29-30H,(H2,25,26)(H,27,28). The molecule has 0 unspecified atom stereocenters. The Morgan fingerprint density at radius 3 is 2.70 bits per heavy atom. The van der Waals surface area contributed by atoms with E-state index >= 15 is 0 Å². The monoisotopic (exact) mass is 392 g/mol. The molecule has 5 aromatic rings. The normalized spacial score (nSPS) is 10.9. The highest BCUT2D eigenvalue weighted by molar-refractivity contribution is 6.02. The average Bonchev–Trinajstić information content (AvgIpc) is 3.10. The number of nitrogens with one attached hydrogen (secondary N) is 2. The van der Waals surface area contributed by atoms with Crippen LogP contribution >= 0.6 is 0 Å². The minimum absolute atomic E-state index is 0.00275. The molecule has 0 amide bonds. The SMILES string of the molecule is N#Cc1ccc2[nH]c(O)c(-c3cc(Nc4ccc(N)nc4)c4ccccc4n3)c2c1. The van der Waals surface area contributed by atoms with Crippen LogP contribution in [0.3, 0.4) is 0 Å². The highest BCUT2D eigenvalue weighted by atomic mass is 16.3. The van der Waals surface area contributed by atoms with Crippen molar-refractivity contribution in [2.24, 2.45) is 0 Å². The molecule has 7 nitrogen and oxygen atoms in total. The van der Waals surface area contributed by atoms with Crippen LogP contribution in [0.25, 0.3) is 33.1 Å². The number of nitrogens with two attached hydrogens (primary N) is 1. The zero-order valence-corrected chi connectivity index (χ0v) is 15.7. The fourth-order valence-electron chi connectivity index (χ4n) is 3.55. The van der Waals surface area contributed by atoms with Gasteiger partial charge < -0.3 is 21.1 Å². The molecular formula is C23H16N6O. The van der Waals surface area contributed by atoms with Gasteiger partial charge >= 0.3 is 0 Å². The lowest BCUT2D eigenvalue weighted by Gasteiger charge is -2.12. The summed E-state index contributed by atoms with van der Waals surface area (Å²) < 4.78 is 0. The first-order valence-electron chi connectivity index (χ1n) is 9.26. The van der Waals surface area contributed by atoms with Crippen LogP contribution in [0.2, 0.25) is 0 Å². The summed E-state index contributed by atoms with van der Waals surface area (Å²) >= 11 is 0.